The highest BCUT2D eigenvalue weighted by molar-refractivity contribution is 8.00. The molecule has 112 valence electrons. The Morgan fingerprint density at radius 1 is 1.35 bits per heavy atom. The van der Waals surface area contributed by atoms with Crippen molar-refractivity contribution in [3.05, 3.63) is 29.8 Å². The van der Waals surface area contributed by atoms with E-state index in [9.17, 15) is 4.79 Å². The second-order valence-corrected chi connectivity index (χ2v) is 6.39. The Hall–Kier alpha value is -1.16. The molecule has 0 fully saturated rings. The number of carbonyl (C=O) groups excluding carboxylic acids is 1. The van der Waals surface area contributed by atoms with Gasteiger partial charge in [-0.2, -0.15) is 11.8 Å². The van der Waals surface area contributed by atoms with Crippen LogP contribution in [0.2, 0.25) is 0 Å². The molecule has 20 heavy (non-hydrogen) atoms. The third-order valence-corrected chi connectivity index (χ3v) is 5.51. The van der Waals surface area contributed by atoms with Gasteiger partial charge in [0.15, 0.2) is 0 Å². The molecule has 0 atom stereocenters. The third kappa shape index (κ3) is 5.08. The summed E-state index contributed by atoms with van der Waals surface area (Å²) in [5.74, 6) is 0.118. The monoisotopic (exact) mass is 294 g/mol. The fourth-order valence-electron chi connectivity index (χ4n) is 2.22. The van der Waals surface area contributed by atoms with E-state index >= 15 is 0 Å². The first-order valence-corrected chi connectivity index (χ1v) is 8.44. The zero-order valence-corrected chi connectivity index (χ0v) is 13.6. The Morgan fingerprint density at radius 2 is 2.05 bits per heavy atom. The molecule has 4 heteroatoms. The lowest BCUT2D eigenvalue weighted by atomic mass is 10.0. The van der Waals surface area contributed by atoms with Gasteiger partial charge < -0.3 is 11.1 Å². The van der Waals surface area contributed by atoms with Gasteiger partial charge in [0.05, 0.1) is 0 Å². The number of thioether (sulfide) groups is 1. The van der Waals surface area contributed by atoms with E-state index in [2.05, 4.69) is 25.4 Å². The fourth-order valence-corrected chi connectivity index (χ4v) is 3.01. The molecule has 0 unspecified atom stereocenters. The summed E-state index contributed by atoms with van der Waals surface area (Å²) in [7, 11) is 0. The molecule has 0 aliphatic rings. The van der Waals surface area contributed by atoms with Crippen molar-refractivity contribution in [2.24, 2.45) is 0 Å². The third-order valence-electron chi connectivity index (χ3n) is 3.92. The SMILES string of the molecule is CCC(CC)(CNC(=O)CCc1cccc(N)c1)SC. The molecule has 0 heterocycles. The minimum absolute atomic E-state index is 0.118. The highest BCUT2D eigenvalue weighted by atomic mass is 32.2. The quantitative estimate of drug-likeness (QED) is 0.724. The molecule has 0 saturated heterocycles. The predicted molar refractivity (Wildman–Crippen MR) is 89.0 cm³/mol. The van der Waals surface area contributed by atoms with Crippen LogP contribution in [0.3, 0.4) is 0 Å². The molecule has 3 N–H and O–H groups in total. The van der Waals surface area contributed by atoms with Gasteiger partial charge in [0.25, 0.3) is 0 Å². The van der Waals surface area contributed by atoms with Crippen molar-refractivity contribution in [2.45, 2.75) is 44.3 Å². The molecule has 0 aromatic heterocycles. The van der Waals surface area contributed by atoms with Crippen molar-refractivity contribution < 1.29 is 4.79 Å². The number of amides is 1. The van der Waals surface area contributed by atoms with E-state index in [1.807, 2.05) is 36.0 Å². The Morgan fingerprint density at radius 3 is 2.60 bits per heavy atom. The largest absolute Gasteiger partial charge is 0.399 e. The average molecular weight is 294 g/mol. The summed E-state index contributed by atoms with van der Waals surface area (Å²) in [5, 5.41) is 3.07. The second-order valence-electron chi connectivity index (χ2n) is 5.12. The number of carbonyl (C=O) groups is 1. The minimum Gasteiger partial charge on any atom is -0.399 e. The number of anilines is 1. The number of nitrogens with two attached hydrogens (primary N) is 1. The van der Waals surface area contributed by atoms with Crippen molar-refractivity contribution in [1.29, 1.82) is 0 Å². The molecule has 1 amide bonds. The smallest absolute Gasteiger partial charge is 0.220 e. The van der Waals surface area contributed by atoms with Crippen molar-refractivity contribution in [3.63, 3.8) is 0 Å². The first kappa shape index (κ1) is 16.9. The Bertz CT molecular complexity index is 422. The summed E-state index contributed by atoms with van der Waals surface area (Å²) in [4.78, 5) is 11.9. The number of nitrogen functional groups attached to an aromatic ring is 1. The maximum Gasteiger partial charge on any atom is 0.220 e. The molecule has 1 aromatic carbocycles. The summed E-state index contributed by atoms with van der Waals surface area (Å²) in [6.45, 7) is 5.11. The highest BCUT2D eigenvalue weighted by Crippen LogP contribution is 2.29. The van der Waals surface area contributed by atoms with Gasteiger partial charge in [0, 0.05) is 23.4 Å². The van der Waals surface area contributed by atoms with E-state index < -0.39 is 0 Å². The first-order chi connectivity index (χ1) is 9.55. The van der Waals surface area contributed by atoms with E-state index in [1.165, 1.54) is 0 Å². The van der Waals surface area contributed by atoms with Crippen LogP contribution in [0.4, 0.5) is 5.69 Å². The van der Waals surface area contributed by atoms with Crippen LogP contribution >= 0.6 is 11.8 Å². The van der Waals surface area contributed by atoms with E-state index in [0.717, 1.165) is 37.1 Å². The lowest BCUT2D eigenvalue weighted by Crippen LogP contribution is -2.39. The number of aryl methyl sites for hydroxylation is 1. The van der Waals surface area contributed by atoms with Gasteiger partial charge in [0.1, 0.15) is 0 Å². The number of rotatable bonds is 8. The maximum absolute atomic E-state index is 11.9. The van der Waals surface area contributed by atoms with Crippen molar-refractivity contribution >= 4 is 23.4 Å². The number of hydrogen-bond donors (Lipinski definition) is 2. The molecule has 1 aromatic rings. The fraction of sp³-hybridized carbons (Fsp3) is 0.562. The van der Waals surface area contributed by atoms with Crippen LogP contribution in [0.1, 0.15) is 38.7 Å². The molecule has 0 aliphatic carbocycles. The minimum atomic E-state index is 0.118. The van der Waals surface area contributed by atoms with E-state index in [4.69, 9.17) is 5.73 Å². The normalized spacial score (nSPS) is 11.3. The molecular weight excluding hydrogens is 268 g/mol. The van der Waals surface area contributed by atoms with Gasteiger partial charge in [0.2, 0.25) is 5.91 Å². The number of nitrogens with one attached hydrogen (secondary N) is 1. The Labute approximate surface area is 126 Å². The van der Waals surface area contributed by atoms with Crippen LogP contribution in [-0.2, 0) is 11.2 Å². The summed E-state index contributed by atoms with van der Waals surface area (Å²) in [5.41, 5.74) is 7.60. The Balaban J connectivity index is 2.40. The van der Waals surface area contributed by atoms with Gasteiger partial charge >= 0.3 is 0 Å². The predicted octanol–water partition coefficient (Wildman–Crippen LogP) is 3.24. The number of benzene rings is 1. The zero-order chi connectivity index (χ0) is 15.0. The van der Waals surface area contributed by atoms with Crippen LogP contribution < -0.4 is 11.1 Å². The van der Waals surface area contributed by atoms with Gasteiger partial charge in [-0.25, -0.2) is 0 Å². The van der Waals surface area contributed by atoms with Crippen LogP contribution in [0, 0.1) is 0 Å². The second kappa shape index (κ2) is 8.20. The van der Waals surface area contributed by atoms with Crippen LogP contribution in [-0.4, -0.2) is 23.5 Å². The van der Waals surface area contributed by atoms with E-state index in [0.29, 0.717) is 6.42 Å². The van der Waals surface area contributed by atoms with E-state index in [-0.39, 0.29) is 10.7 Å². The van der Waals surface area contributed by atoms with Gasteiger partial charge in [-0.1, -0.05) is 26.0 Å². The Kier molecular flexibility index (Phi) is 6.93. The maximum atomic E-state index is 11.9. The van der Waals surface area contributed by atoms with Gasteiger partial charge in [-0.15, -0.1) is 0 Å². The standard InChI is InChI=1S/C16H26N2OS/c1-4-16(5-2,20-3)12-18-15(19)10-9-13-7-6-8-14(17)11-13/h6-8,11H,4-5,9-10,12,17H2,1-3H3,(H,18,19). The van der Waals surface area contributed by atoms with Crippen LogP contribution in [0.5, 0.6) is 0 Å². The topological polar surface area (TPSA) is 55.1 Å². The van der Waals surface area contributed by atoms with Crippen molar-refractivity contribution in [1.82, 2.24) is 5.32 Å². The molecule has 0 spiro atoms. The number of hydrogen-bond acceptors (Lipinski definition) is 3. The molecule has 0 radical (unpaired) electrons. The van der Waals surface area contributed by atoms with Crippen molar-refractivity contribution in [3.8, 4) is 0 Å². The van der Waals surface area contributed by atoms with Crippen molar-refractivity contribution in [2.75, 3.05) is 18.5 Å². The van der Waals surface area contributed by atoms with Crippen LogP contribution in [0.15, 0.2) is 24.3 Å². The molecule has 0 aliphatic heterocycles. The highest BCUT2D eigenvalue weighted by Gasteiger charge is 2.25. The molecule has 3 nitrogen and oxygen atoms in total. The molecule has 1 rings (SSSR count). The summed E-state index contributed by atoms with van der Waals surface area (Å²) in [6, 6.07) is 7.72. The van der Waals surface area contributed by atoms with Crippen LogP contribution in [0.25, 0.3) is 0 Å². The average Bonchev–Trinajstić information content (AvgIpc) is 2.47. The molecule has 0 bridgehead atoms. The lowest BCUT2D eigenvalue weighted by molar-refractivity contribution is -0.121. The summed E-state index contributed by atoms with van der Waals surface area (Å²) < 4.78 is 0.173. The summed E-state index contributed by atoms with van der Waals surface area (Å²) >= 11 is 1.84. The van der Waals surface area contributed by atoms with Gasteiger partial charge in [-0.3, -0.25) is 4.79 Å². The molecule has 0 saturated carbocycles. The zero-order valence-electron chi connectivity index (χ0n) is 12.7. The first-order valence-electron chi connectivity index (χ1n) is 7.21. The van der Waals surface area contributed by atoms with E-state index in [1.54, 1.807) is 0 Å². The van der Waals surface area contributed by atoms with Gasteiger partial charge in [-0.05, 0) is 43.2 Å². The molecular formula is C16H26N2OS. The lowest BCUT2D eigenvalue weighted by Gasteiger charge is -2.29. The summed E-state index contributed by atoms with van der Waals surface area (Å²) in [6.07, 6.45) is 5.51.